The van der Waals surface area contributed by atoms with Crippen LogP contribution in [-0.2, 0) is 65.4 Å². The van der Waals surface area contributed by atoms with Gasteiger partial charge in [-0.25, -0.2) is 9.13 Å². The third kappa shape index (κ3) is 67.6. The molecule has 19 heteroatoms. The number of ether oxygens (including phenoxy) is 4. The Kier molecular flexibility index (Phi) is 64.0. The van der Waals surface area contributed by atoms with Crippen LogP contribution in [0.3, 0.4) is 0 Å². The van der Waals surface area contributed by atoms with Gasteiger partial charge < -0.3 is 33.8 Å². The minimum Gasteiger partial charge on any atom is -0.462 e. The second-order valence-corrected chi connectivity index (χ2v) is 31.7. The zero-order valence-electron chi connectivity index (χ0n) is 62.3. The Labute approximate surface area is 581 Å². The van der Waals surface area contributed by atoms with Gasteiger partial charge in [0.2, 0.25) is 0 Å². The molecule has 0 radical (unpaired) electrons. The fraction of sp³-hybridized carbons (Fsp3) is 0.947. The summed E-state index contributed by atoms with van der Waals surface area (Å²) in [7, 11) is -9.92. The van der Waals surface area contributed by atoms with E-state index in [4.69, 9.17) is 37.0 Å². The minimum absolute atomic E-state index is 0.105. The van der Waals surface area contributed by atoms with Crippen LogP contribution in [0.1, 0.15) is 383 Å². The number of unbranched alkanes of at least 4 members (excludes halogenated alkanes) is 37. The van der Waals surface area contributed by atoms with Gasteiger partial charge in [0.25, 0.3) is 0 Å². The van der Waals surface area contributed by atoms with Gasteiger partial charge >= 0.3 is 39.5 Å². The highest BCUT2D eigenvalue weighted by Gasteiger charge is 2.30. The van der Waals surface area contributed by atoms with Gasteiger partial charge in [-0.1, -0.05) is 331 Å². The summed E-state index contributed by atoms with van der Waals surface area (Å²) in [6, 6.07) is 0. The summed E-state index contributed by atoms with van der Waals surface area (Å²) in [5.74, 6) is 1.00. The lowest BCUT2D eigenvalue weighted by Crippen LogP contribution is -2.30. The molecule has 0 fully saturated rings. The molecule has 0 aliphatic rings. The highest BCUT2D eigenvalue weighted by atomic mass is 31.2. The van der Waals surface area contributed by atoms with Crippen molar-refractivity contribution in [2.45, 2.75) is 401 Å². The number of carbonyl (C=O) groups is 4. The van der Waals surface area contributed by atoms with Crippen LogP contribution in [0.5, 0.6) is 0 Å². The van der Waals surface area contributed by atoms with Crippen molar-refractivity contribution < 1.29 is 80.2 Å². The first-order valence-electron chi connectivity index (χ1n) is 39.3. The molecular weight excluding hydrogens is 1250 g/mol. The smallest absolute Gasteiger partial charge is 0.462 e. The van der Waals surface area contributed by atoms with Gasteiger partial charge in [-0.15, -0.1) is 0 Å². The quantitative estimate of drug-likeness (QED) is 0.0222. The molecule has 7 atom stereocenters. The van der Waals surface area contributed by atoms with Crippen LogP contribution in [-0.4, -0.2) is 96.7 Å². The van der Waals surface area contributed by atoms with Crippen LogP contribution in [0, 0.1) is 23.7 Å². The van der Waals surface area contributed by atoms with Gasteiger partial charge in [0.1, 0.15) is 19.3 Å². The Morgan fingerprint density at radius 2 is 0.505 bits per heavy atom. The highest BCUT2D eigenvalue weighted by Crippen LogP contribution is 2.45. The van der Waals surface area contributed by atoms with E-state index in [1.54, 1.807) is 0 Å². The van der Waals surface area contributed by atoms with Crippen molar-refractivity contribution >= 4 is 39.5 Å². The number of phosphoric ester groups is 2. The average molecular weight is 1400 g/mol. The molecule has 0 aliphatic carbocycles. The van der Waals surface area contributed by atoms with E-state index in [0.717, 1.165) is 114 Å². The fourth-order valence-electron chi connectivity index (χ4n) is 11.5. The van der Waals surface area contributed by atoms with Crippen molar-refractivity contribution in [1.82, 2.24) is 0 Å². The number of rotatable bonds is 73. The summed E-state index contributed by atoms with van der Waals surface area (Å²) in [5.41, 5.74) is 0. The van der Waals surface area contributed by atoms with E-state index < -0.39 is 97.5 Å². The van der Waals surface area contributed by atoms with Crippen molar-refractivity contribution in [3.05, 3.63) is 0 Å². The highest BCUT2D eigenvalue weighted by molar-refractivity contribution is 7.47. The summed E-state index contributed by atoms with van der Waals surface area (Å²) in [4.78, 5) is 72.9. The maximum atomic E-state index is 13.1. The molecule has 3 N–H and O–H groups in total. The van der Waals surface area contributed by atoms with Crippen molar-refractivity contribution in [1.29, 1.82) is 0 Å². The predicted octanol–water partition coefficient (Wildman–Crippen LogP) is 22.0. The van der Waals surface area contributed by atoms with E-state index >= 15 is 0 Å². The van der Waals surface area contributed by atoms with E-state index in [2.05, 4.69) is 55.4 Å². The van der Waals surface area contributed by atoms with Crippen molar-refractivity contribution in [3.8, 4) is 0 Å². The first kappa shape index (κ1) is 93.1. The molecule has 0 bridgehead atoms. The van der Waals surface area contributed by atoms with Crippen LogP contribution in [0.15, 0.2) is 0 Å². The van der Waals surface area contributed by atoms with Crippen LogP contribution in [0.25, 0.3) is 0 Å². The maximum Gasteiger partial charge on any atom is 0.472 e. The van der Waals surface area contributed by atoms with Gasteiger partial charge in [-0.2, -0.15) is 0 Å². The van der Waals surface area contributed by atoms with Crippen LogP contribution in [0.2, 0.25) is 0 Å². The summed E-state index contributed by atoms with van der Waals surface area (Å²) >= 11 is 0. The molecule has 0 aliphatic heterocycles. The van der Waals surface area contributed by atoms with E-state index in [1.165, 1.54) is 186 Å². The molecule has 0 aromatic carbocycles. The molecule has 5 unspecified atom stereocenters. The molecule has 564 valence electrons. The zero-order chi connectivity index (χ0) is 70.3. The Morgan fingerprint density at radius 1 is 0.295 bits per heavy atom. The number of esters is 4. The lowest BCUT2D eigenvalue weighted by Gasteiger charge is -2.21. The zero-order valence-corrected chi connectivity index (χ0v) is 64.1. The number of aliphatic hydroxyl groups is 1. The van der Waals surface area contributed by atoms with E-state index in [1.807, 2.05) is 0 Å². The SMILES string of the molecule is CCC(C)CCCCCCCCCCCCC(=O)OC[C@H](COP(=O)(O)OCC(O)COP(=O)(O)OC[C@@H](COC(=O)CCCCCCCCCCC(C)C)OC(=O)CCCCCCCCCCCCC(C)CC)OC(=O)CCCCCCCCCCCCCCCC(C)C. The topological polar surface area (TPSA) is 237 Å². The number of aliphatic hydroxyl groups excluding tert-OH is 1. The molecule has 0 aromatic rings. The second kappa shape index (κ2) is 65.4. The van der Waals surface area contributed by atoms with Crippen molar-refractivity contribution in [2.75, 3.05) is 39.6 Å². The largest absolute Gasteiger partial charge is 0.472 e. The van der Waals surface area contributed by atoms with Crippen LogP contribution < -0.4 is 0 Å². The summed E-state index contributed by atoms with van der Waals surface area (Å²) < 4.78 is 68.6. The molecule has 0 spiro atoms. The summed E-state index contributed by atoms with van der Waals surface area (Å²) in [5, 5.41) is 10.6. The Morgan fingerprint density at radius 3 is 0.747 bits per heavy atom. The minimum atomic E-state index is -4.96. The molecule has 0 heterocycles. The average Bonchev–Trinajstić information content (AvgIpc) is 1.31. The first-order valence-corrected chi connectivity index (χ1v) is 42.3. The van der Waals surface area contributed by atoms with E-state index in [0.29, 0.717) is 25.7 Å². The lowest BCUT2D eigenvalue weighted by atomic mass is 9.99. The fourth-order valence-corrected chi connectivity index (χ4v) is 13.1. The van der Waals surface area contributed by atoms with Crippen LogP contribution in [0.4, 0.5) is 0 Å². The van der Waals surface area contributed by atoms with Gasteiger partial charge in [-0.3, -0.25) is 37.3 Å². The summed E-state index contributed by atoms with van der Waals surface area (Å²) in [6.07, 6.45) is 49.7. The van der Waals surface area contributed by atoms with Crippen molar-refractivity contribution in [3.63, 3.8) is 0 Å². The van der Waals surface area contributed by atoms with E-state index in [-0.39, 0.29) is 25.7 Å². The predicted molar refractivity (Wildman–Crippen MR) is 386 cm³/mol. The Hall–Kier alpha value is -1.94. The van der Waals surface area contributed by atoms with Crippen molar-refractivity contribution in [2.24, 2.45) is 23.7 Å². The lowest BCUT2D eigenvalue weighted by molar-refractivity contribution is -0.161. The third-order valence-corrected chi connectivity index (χ3v) is 20.2. The van der Waals surface area contributed by atoms with Gasteiger partial charge in [-0.05, 0) is 49.4 Å². The molecule has 0 saturated heterocycles. The molecule has 0 rings (SSSR count). The number of phosphoric acid groups is 2. The second-order valence-electron chi connectivity index (χ2n) is 28.8. The number of carbonyl (C=O) groups excluding carboxylic acids is 4. The Bertz CT molecular complexity index is 1870. The number of hydrogen-bond acceptors (Lipinski definition) is 15. The van der Waals surface area contributed by atoms with Crippen LogP contribution >= 0.6 is 15.6 Å². The standard InChI is InChI=1S/C76H148O17P2/c1-9-68(7)54-46-38-30-21-16-18-23-32-40-48-56-73(78)86-62-71(92-75(80)58-50-42-34-24-15-13-11-12-14-20-28-36-44-52-66(3)4)64-90-94(82,83)88-60-70(77)61-89-95(84,85)91-65-72(63-87-74(79)57-49-41-33-27-26-29-37-45-53-67(5)6)93-76(81)59-51-43-35-25-19-17-22-31-39-47-55-69(8)10-2/h66-72,77H,9-65H2,1-8H3,(H,82,83)(H,84,85)/t68?,69?,70?,71-,72-/m1/s1. The molecular formula is C76H148O17P2. The number of hydrogen-bond donors (Lipinski definition) is 3. The molecule has 0 aromatic heterocycles. The monoisotopic (exact) mass is 1400 g/mol. The molecule has 17 nitrogen and oxygen atoms in total. The molecule has 95 heavy (non-hydrogen) atoms. The maximum absolute atomic E-state index is 13.1. The first-order chi connectivity index (χ1) is 45.7. The summed E-state index contributed by atoms with van der Waals surface area (Å²) in [6.45, 7) is 14.2. The normalized spacial score (nSPS) is 14.7. The Balaban J connectivity index is 5.28. The third-order valence-electron chi connectivity index (χ3n) is 18.3. The van der Waals surface area contributed by atoms with Gasteiger partial charge in [0, 0.05) is 25.7 Å². The van der Waals surface area contributed by atoms with E-state index in [9.17, 15) is 43.2 Å². The van der Waals surface area contributed by atoms with Gasteiger partial charge in [0.15, 0.2) is 12.2 Å². The molecule has 0 saturated carbocycles. The molecule has 0 amide bonds. The van der Waals surface area contributed by atoms with Gasteiger partial charge in [0.05, 0.1) is 26.4 Å².